The lowest BCUT2D eigenvalue weighted by molar-refractivity contribution is -0.145. The minimum absolute atomic E-state index is 0.0614. The van der Waals surface area contributed by atoms with Gasteiger partial charge in [0.2, 0.25) is 5.91 Å². The maximum Gasteiger partial charge on any atom is 0.309 e. The summed E-state index contributed by atoms with van der Waals surface area (Å²) in [7, 11) is 1.74. The molecule has 1 aromatic rings. The van der Waals surface area contributed by atoms with E-state index in [0.717, 1.165) is 18.9 Å². The Labute approximate surface area is 123 Å². The number of piperidine rings is 1. The second kappa shape index (κ2) is 5.02. The Morgan fingerprint density at radius 2 is 2.10 bits per heavy atom. The van der Waals surface area contributed by atoms with Crippen LogP contribution >= 0.6 is 0 Å². The van der Waals surface area contributed by atoms with Gasteiger partial charge in [-0.15, -0.1) is 0 Å². The third kappa shape index (κ3) is 2.14. The molecule has 112 valence electrons. The number of carbonyl (C=O) groups is 2. The van der Waals surface area contributed by atoms with E-state index >= 15 is 0 Å². The van der Waals surface area contributed by atoms with Gasteiger partial charge in [0.1, 0.15) is 5.82 Å². The monoisotopic (exact) mass is 289 g/mol. The highest BCUT2D eigenvalue weighted by Gasteiger charge is 2.55. The van der Waals surface area contributed by atoms with Crippen LogP contribution in [0.5, 0.6) is 0 Å². The standard InChI is InChI=1S/C15H19N3O3/c1-17-13(19)10-11(14(20)21)15(17)5-8-18(9-6-15)12-4-2-3-7-16-12/h2-4,7,11H,5-6,8-10H2,1H3,(H,20,21)/t11-/m0/s1. The number of carboxylic acids is 1. The van der Waals surface area contributed by atoms with E-state index in [1.54, 1.807) is 18.1 Å². The van der Waals surface area contributed by atoms with Crippen LogP contribution in [0.4, 0.5) is 5.82 Å². The van der Waals surface area contributed by atoms with Crippen molar-refractivity contribution in [2.45, 2.75) is 24.8 Å². The molecule has 1 aromatic heterocycles. The average Bonchev–Trinajstić information content (AvgIpc) is 2.75. The van der Waals surface area contributed by atoms with Crippen molar-refractivity contribution in [1.82, 2.24) is 9.88 Å². The number of anilines is 1. The quantitative estimate of drug-likeness (QED) is 0.878. The highest BCUT2D eigenvalue weighted by molar-refractivity contribution is 5.88. The van der Waals surface area contributed by atoms with E-state index in [0.29, 0.717) is 12.8 Å². The summed E-state index contributed by atoms with van der Waals surface area (Å²) in [4.78, 5) is 31.6. The smallest absolute Gasteiger partial charge is 0.309 e. The van der Waals surface area contributed by atoms with Gasteiger partial charge in [-0.3, -0.25) is 9.59 Å². The molecular formula is C15H19N3O3. The fourth-order valence-electron chi connectivity index (χ4n) is 3.65. The third-order valence-electron chi connectivity index (χ3n) is 4.97. The topological polar surface area (TPSA) is 73.7 Å². The van der Waals surface area contributed by atoms with Gasteiger partial charge in [-0.05, 0) is 25.0 Å². The first-order chi connectivity index (χ1) is 10.0. The Morgan fingerprint density at radius 3 is 2.67 bits per heavy atom. The SMILES string of the molecule is CN1C(=O)C[C@@H](C(=O)O)C12CCN(c1ccccn1)CC2. The van der Waals surface area contributed by atoms with Gasteiger partial charge in [-0.1, -0.05) is 6.07 Å². The van der Waals surface area contributed by atoms with Crippen molar-refractivity contribution in [2.24, 2.45) is 5.92 Å². The molecule has 2 fully saturated rings. The summed E-state index contributed by atoms with van der Waals surface area (Å²) in [5.74, 6) is -0.611. The van der Waals surface area contributed by atoms with Gasteiger partial charge in [0.05, 0.1) is 11.5 Å². The first-order valence-corrected chi connectivity index (χ1v) is 7.20. The van der Waals surface area contributed by atoms with Crippen LogP contribution in [-0.2, 0) is 9.59 Å². The summed E-state index contributed by atoms with van der Waals surface area (Å²) in [6.07, 6.45) is 3.21. The van der Waals surface area contributed by atoms with Crippen LogP contribution in [0.3, 0.4) is 0 Å². The zero-order chi connectivity index (χ0) is 15.0. The lowest BCUT2D eigenvalue weighted by Gasteiger charge is -2.45. The van der Waals surface area contributed by atoms with Crippen molar-refractivity contribution >= 4 is 17.7 Å². The minimum atomic E-state index is -0.862. The number of hydrogen-bond donors (Lipinski definition) is 1. The van der Waals surface area contributed by atoms with E-state index in [9.17, 15) is 14.7 Å². The molecule has 1 N–H and O–H groups in total. The molecule has 2 aliphatic rings. The van der Waals surface area contributed by atoms with Crippen LogP contribution in [0.15, 0.2) is 24.4 Å². The van der Waals surface area contributed by atoms with Gasteiger partial charge in [-0.25, -0.2) is 4.98 Å². The lowest BCUT2D eigenvalue weighted by atomic mass is 9.77. The summed E-state index contributed by atoms with van der Waals surface area (Å²) >= 11 is 0. The predicted octanol–water partition coefficient (Wildman–Crippen LogP) is 0.983. The summed E-state index contributed by atoms with van der Waals surface area (Å²) in [5, 5.41) is 9.44. The molecule has 2 saturated heterocycles. The van der Waals surface area contributed by atoms with Gasteiger partial charge in [0.25, 0.3) is 0 Å². The fraction of sp³-hybridized carbons (Fsp3) is 0.533. The molecular weight excluding hydrogens is 270 g/mol. The van der Waals surface area contributed by atoms with Gasteiger partial charge in [0.15, 0.2) is 0 Å². The van der Waals surface area contributed by atoms with Crippen molar-refractivity contribution in [1.29, 1.82) is 0 Å². The molecule has 1 spiro atoms. The first kappa shape index (κ1) is 13.9. The molecule has 0 aliphatic carbocycles. The number of carboxylic acid groups (broad SMARTS) is 1. The van der Waals surface area contributed by atoms with E-state index in [4.69, 9.17) is 0 Å². The molecule has 0 unspecified atom stereocenters. The molecule has 0 aromatic carbocycles. The van der Waals surface area contributed by atoms with Crippen molar-refractivity contribution in [3.63, 3.8) is 0 Å². The lowest BCUT2D eigenvalue weighted by Crippen LogP contribution is -2.56. The first-order valence-electron chi connectivity index (χ1n) is 7.20. The Balaban J connectivity index is 1.80. The van der Waals surface area contributed by atoms with Gasteiger partial charge < -0.3 is 14.9 Å². The molecule has 3 heterocycles. The predicted molar refractivity (Wildman–Crippen MR) is 76.9 cm³/mol. The van der Waals surface area contributed by atoms with E-state index in [1.807, 2.05) is 18.2 Å². The van der Waals surface area contributed by atoms with Crippen LogP contribution in [0.25, 0.3) is 0 Å². The number of hydrogen-bond acceptors (Lipinski definition) is 4. The van der Waals surface area contributed by atoms with Crippen LogP contribution in [-0.4, -0.2) is 52.5 Å². The van der Waals surface area contributed by atoms with Gasteiger partial charge in [0, 0.05) is 32.8 Å². The van der Waals surface area contributed by atoms with E-state index in [-0.39, 0.29) is 12.3 Å². The fourth-order valence-corrected chi connectivity index (χ4v) is 3.65. The molecule has 6 heteroatoms. The second-order valence-corrected chi connectivity index (χ2v) is 5.83. The van der Waals surface area contributed by atoms with Crippen molar-refractivity contribution in [3.8, 4) is 0 Å². The molecule has 3 rings (SSSR count). The summed E-state index contributed by atoms with van der Waals surface area (Å²) in [6, 6.07) is 5.77. The maximum atomic E-state index is 12.0. The molecule has 1 atom stereocenters. The number of aromatic nitrogens is 1. The Bertz CT molecular complexity index is 553. The molecule has 0 bridgehead atoms. The van der Waals surface area contributed by atoms with E-state index in [2.05, 4.69) is 9.88 Å². The number of nitrogens with zero attached hydrogens (tertiary/aromatic N) is 3. The number of likely N-dealkylation sites (tertiary alicyclic amines) is 1. The average molecular weight is 289 g/mol. The summed E-state index contributed by atoms with van der Waals surface area (Å²) < 4.78 is 0. The molecule has 21 heavy (non-hydrogen) atoms. The number of pyridine rings is 1. The van der Waals surface area contributed by atoms with Crippen LogP contribution < -0.4 is 4.90 Å². The molecule has 1 amide bonds. The Kier molecular flexibility index (Phi) is 3.31. The van der Waals surface area contributed by atoms with Crippen LogP contribution in [0.2, 0.25) is 0 Å². The molecule has 6 nitrogen and oxygen atoms in total. The molecule has 0 radical (unpaired) electrons. The largest absolute Gasteiger partial charge is 0.481 e. The third-order valence-corrected chi connectivity index (χ3v) is 4.97. The highest BCUT2D eigenvalue weighted by Crippen LogP contribution is 2.43. The number of rotatable bonds is 2. The Morgan fingerprint density at radius 1 is 1.38 bits per heavy atom. The zero-order valence-corrected chi connectivity index (χ0v) is 12.0. The second-order valence-electron chi connectivity index (χ2n) is 5.83. The normalized spacial score (nSPS) is 24.6. The highest BCUT2D eigenvalue weighted by atomic mass is 16.4. The number of amides is 1. The molecule has 0 saturated carbocycles. The Hall–Kier alpha value is -2.11. The van der Waals surface area contributed by atoms with Crippen LogP contribution in [0, 0.1) is 5.92 Å². The van der Waals surface area contributed by atoms with Crippen LogP contribution in [0.1, 0.15) is 19.3 Å². The minimum Gasteiger partial charge on any atom is -0.481 e. The molecule has 2 aliphatic heterocycles. The van der Waals surface area contributed by atoms with E-state index in [1.165, 1.54) is 0 Å². The summed E-state index contributed by atoms with van der Waals surface area (Å²) in [5.41, 5.74) is -0.534. The number of carbonyl (C=O) groups excluding carboxylic acids is 1. The maximum absolute atomic E-state index is 12.0. The van der Waals surface area contributed by atoms with Gasteiger partial charge >= 0.3 is 5.97 Å². The summed E-state index contributed by atoms with van der Waals surface area (Å²) in [6.45, 7) is 1.44. The van der Waals surface area contributed by atoms with Crippen molar-refractivity contribution in [3.05, 3.63) is 24.4 Å². The van der Waals surface area contributed by atoms with E-state index < -0.39 is 17.4 Å². The zero-order valence-electron chi connectivity index (χ0n) is 12.0. The number of aliphatic carboxylic acids is 1. The van der Waals surface area contributed by atoms with Crippen molar-refractivity contribution in [2.75, 3.05) is 25.0 Å². The van der Waals surface area contributed by atoms with Crippen molar-refractivity contribution < 1.29 is 14.7 Å². The van der Waals surface area contributed by atoms with Gasteiger partial charge in [-0.2, -0.15) is 0 Å².